The monoisotopic (exact) mass is 321 g/mol. The van der Waals surface area contributed by atoms with Gasteiger partial charge in [-0.25, -0.2) is 4.98 Å². The molecule has 2 heterocycles. The van der Waals surface area contributed by atoms with Gasteiger partial charge in [0.2, 0.25) is 5.89 Å². The zero-order valence-corrected chi connectivity index (χ0v) is 13.6. The molecule has 1 fully saturated rings. The molecule has 3 aromatic rings. The maximum atomic E-state index is 12.5. The number of fused-ring (bicyclic) bond motifs is 1. The van der Waals surface area contributed by atoms with Crippen molar-refractivity contribution in [1.82, 2.24) is 14.9 Å². The number of amides is 1. The molecule has 2 aromatic heterocycles. The Morgan fingerprint density at radius 1 is 1.17 bits per heavy atom. The van der Waals surface area contributed by atoms with Crippen LogP contribution in [-0.4, -0.2) is 33.9 Å². The van der Waals surface area contributed by atoms with E-state index in [2.05, 4.69) is 9.97 Å². The number of rotatable bonds is 3. The lowest BCUT2D eigenvalue weighted by atomic mass is 10.2. The van der Waals surface area contributed by atoms with Crippen LogP contribution in [0.25, 0.3) is 22.6 Å². The molecular weight excluding hydrogens is 302 g/mol. The number of benzene rings is 1. The third-order valence-electron chi connectivity index (χ3n) is 4.72. The van der Waals surface area contributed by atoms with Crippen LogP contribution < -0.4 is 0 Å². The van der Waals surface area contributed by atoms with Gasteiger partial charge >= 0.3 is 0 Å². The average Bonchev–Trinajstić information content (AvgIpc) is 3.30. The fourth-order valence-corrected chi connectivity index (χ4v) is 3.28. The first-order chi connectivity index (χ1) is 11.7. The summed E-state index contributed by atoms with van der Waals surface area (Å²) in [5.74, 6) is 0.498. The van der Waals surface area contributed by atoms with Crippen molar-refractivity contribution < 1.29 is 9.21 Å². The van der Waals surface area contributed by atoms with E-state index in [0.717, 1.165) is 29.5 Å². The first kappa shape index (κ1) is 14.9. The maximum absolute atomic E-state index is 12.5. The van der Waals surface area contributed by atoms with E-state index in [-0.39, 0.29) is 5.91 Å². The number of para-hydroxylation sites is 2. The predicted molar refractivity (Wildman–Crippen MR) is 91.6 cm³/mol. The van der Waals surface area contributed by atoms with Gasteiger partial charge < -0.3 is 9.32 Å². The van der Waals surface area contributed by atoms with E-state index in [1.165, 1.54) is 12.8 Å². The molecule has 0 bridgehead atoms. The number of carbonyl (C=O) groups excluding carboxylic acids is 1. The summed E-state index contributed by atoms with van der Waals surface area (Å²) in [4.78, 5) is 23.2. The highest BCUT2D eigenvalue weighted by atomic mass is 16.3. The summed E-state index contributed by atoms with van der Waals surface area (Å²) in [7, 11) is 1.87. The molecule has 1 aliphatic carbocycles. The molecule has 24 heavy (non-hydrogen) atoms. The lowest BCUT2D eigenvalue weighted by Crippen LogP contribution is -2.35. The standard InChI is InChI=1S/C19H19N3O2/c1-22(14-6-2-3-7-14)19(23)16-11-10-13(12-20-16)18-21-15-8-4-5-9-17(15)24-18/h4-5,8-12,14H,2-3,6-7H2,1H3. The van der Waals surface area contributed by atoms with Crippen LogP contribution in [0.2, 0.25) is 0 Å². The molecule has 5 heteroatoms. The van der Waals surface area contributed by atoms with Gasteiger partial charge in [0.15, 0.2) is 5.58 Å². The molecule has 5 nitrogen and oxygen atoms in total. The second-order valence-electron chi connectivity index (χ2n) is 6.27. The van der Waals surface area contributed by atoms with Crippen LogP contribution in [-0.2, 0) is 0 Å². The van der Waals surface area contributed by atoms with Gasteiger partial charge in [-0.05, 0) is 37.1 Å². The molecule has 0 spiro atoms. The molecule has 0 saturated heterocycles. The van der Waals surface area contributed by atoms with E-state index in [9.17, 15) is 4.79 Å². The molecule has 0 N–H and O–H groups in total. The number of carbonyl (C=O) groups is 1. The van der Waals surface area contributed by atoms with Gasteiger partial charge in [-0.2, -0.15) is 0 Å². The van der Waals surface area contributed by atoms with Crippen molar-refractivity contribution in [1.29, 1.82) is 0 Å². The lowest BCUT2D eigenvalue weighted by Gasteiger charge is -2.23. The highest BCUT2D eigenvalue weighted by Crippen LogP contribution is 2.25. The topological polar surface area (TPSA) is 59.2 Å². The van der Waals surface area contributed by atoms with Crippen molar-refractivity contribution >= 4 is 17.0 Å². The SMILES string of the molecule is CN(C(=O)c1ccc(-c2nc3ccccc3o2)cn1)C1CCCC1. The molecule has 0 aliphatic heterocycles. The smallest absolute Gasteiger partial charge is 0.272 e. The van der Waals surface area contributed by atoms with Crippen molar-refractivity contribution in [2.75, 3.05) is 7.05 Å². The minimum Gasteiger partial charge on any atom is -0.436 e. The Labute approximate surface area is 140 Å². The van der Waals surface area contributed by atoms with E-state index in [4.69, 9.17) is 4.42 Å². The summed E-state index contributed by atoms with van der Waals surface area (Å²) in [6, 6.07) is 11.6. The molecular formula is C19H19N3O2. The van der Waals surface area contributed by atoms with E-state index in [1.54, 1.807) is 12.3 Å². The number of hydrogen-bond acceptors (Lipinski definition) is 4. The minimum atomic E-state index is -0.0222. The Kier molecular flexibility index (Phi) is 3.76. The van der Waals surface area contributed by atoms with Gasteiger partial charge in [-0.3, -0.25) is 9.78 Å². The zero-order valence-electron chi connectivity index (χ0n) is 13.6. The Morgan fingerprint density at radius 3 is 2.67 bits per heavy atom. The fourth-order valence-electron chi connectivity index (χ4n) is 3.28. The summed E-state index contributed by atoms with van der Waals surface area (Å²) in [5, 5.41) is 0. The number of nitrogens with zero attached hydrogens (tertiary/aromatic N) is 3. The van der Waals surface area contributed by atoms with Crippen LogP contribution in [0, 0.1) is 0 Å². The van der Waals surface area contributed by atoms with Crippen LogP contribution in [0.4, 0.5) is 0 Å². The third kappa shape index (κ3) is 2.66. The van der Waals surface area contributed by atoms with E-state index >= 15 is 0 Å². The highest BCUT2D eigenvalue weighted by Gasteiger charge is 2.25. The van der Waals surface area contributed by atoms with Crippen LogP contribution in [0.5, 0.6) is 0 Å². The quantitative estimate of drug-likeness (QED) is 0.734. The van der Waals surface area contributed by atoms with Gasteiger partial charge in [0.1, 0.15) is 11.2 Å². The summed E-state index contributed by atoms with van der Waals surface area (Å²) >= 11 is 0. The maximum Gasteiger partial charge on any atom is 0.272 e. The third-order valence-corrected chi connectivity index (χ3v) is 4.72. The van der Waals surface area contributed by atoms with Crippen molar-refractivity contribution in [3.05, 3.63) is 48.3 Å². The van der Waals surface area contributed by atoms with Gasteiger partial charge in [-0.15, -0.1) is 0 Å². The highest BCUT2D eigenvalue weighted by molar-refractivity contribution is 5.92. The van der Waals surface area contributed by atoms with Gasteiger partial charge in [0.05, 0.1) is 5.56 Å². The molecule has 0 radical (unpaired) electrons. The van der Waals surface area contributed by atoms with Crippen molar-refractivity contribution in [2.45, 2.75) is 31.7 Å². The van der Waals surface area contributed by atoms with Crippen LogP contribution in [0.15, 0.2) is 47.0 Å². The summed E-state index contributed by atoms with van der Waals surface area (Å²) in [6.45, 7) is 0. The molecule has 1 saturated carbocycles. The van der Waals surface area contributed by atoms with Crippen LogP contribution >= 0.6 is 0 Å². The minimum absolute atomic E-state index is 0.0222. The van der Waals surface area contributed by atoms with E-state index in [1.807, 2.05) is 42.3 Å². The number of aromatic nitrogens is 2. The molecule has 0 unspecified atom stereocenters. The van der Waals surface area contributed by atoms with E-state index in [0.29, 0.717) is 17.6 Å². The molecule has 1 aliphatic rings. The number of oxazole rings is 1. The van der Waals surface area contributed by atoms with Gasteiger partial charge in [-0.1, -0.05) is 25.0 Å². The first-order valence-corrected chi connectivity index (χ1v) is 8.31. The van der Waals surface area contributed by atoms with Crippen molar-refractivity contribution in [2.24, 2.45) is 0 Å². The Balaban J connectivity index is 1.56. The summed E-state index contributed by atoms with van der Waals surface area (Å²) < 4.78 is 5.74. The Morgan fingerprint density at radius 2 is 1.96 bits per heavy atom. The van der Waals surface area contributed by atoms with Gasteiger partial charge in [0, 0.05) is 19.3 Å². The Hall–Kier alpha value is -2.69. The Bertz CT molecular complexity index is 831. The van der Waals surface area contributed by atoms with Gasteiger partial charge in [0.25, 0.3) is 5.91 Å². The predicted octanol–water partition coefficient (Wildman–Crippen LogP) is 3.90. The summed E-state index contributed by atoms with van der Waals surface area (Å²) in [5.41, 5.74) is 2.79. The van der Waals surface area contributed by atoms with Crippen molar-refractivity contribution in [3.63, 3.8) is 0 Å². The largest absolute Gasteiger partial charge is 0.436 e. The molecule has 122 valence electrons. The number of hydrogen-bond donors (Lipinski definition) is 0. The zero-order chi connectivity index (χ0) is 16.5. The average molecular weight is 321 g/mol. The van der Waals surface area contributed by atoms with Crippen LogP contribution in [0.3, 0.4) is 0 Å². The van der Waals surface area contributed by atoms with E-state index < -0.39 is 0 Å². The molecule has 1 aromatic carbocycles. The second-order valence-corrected chi connectivity index (χ2v) is 6.27. The molecule has 4 rings (SSSR count). The molecule has 0 atom stereocenters. The lowest BCUT2D eigenvalue weighted by molar-refractivity contribution is 0.0729. The van der Waals surface area contributed by atoms with Crippen molar-refractivity contribution in [3.8, 4) is 11.5 Å². The second kappa shape index (κ2) is 6.07. The fraction of sp³-hybridized carbons (Fsp3) is 0.316. The molecule has 1 amide bonds. The normalized spacial score (nSPS) is 15.0. The first-order valence-electron chi connectivity index (χ1n) is 8.31. The van der Waals surface area contributed by atoms with Crippen LogP contribution in [0.1, 0.15) is 36.2 Å². The summed E-state index contributed by atoms with van der Waals surface area (Å²) in [6.07, 6.45) is 6.23. The number of pyridine rings is 1.